The van der Waals surface area contributed by atoms with Crippen molar-refractivity contribution in [2.75, 3.05) is 6.61 Å². The van der Waals surface area contributed by atoms with Gasteiger partial charge in [0.05, 0.1) is 17.1 Å². The van der Waals surface area contributed by atoms with E-state index in [-0.39, 0.29) is 11.4 Å². The second-order valence-corrected chi connectivity index (χ2v) is 4.87. The summed E-state index contributed by atoms with van der Waals surface area (Å²) in [5, 5.41) is 10.6. The molecule has 0 saturated heterocycles. The summed E-state index contributed by atoms with van der Waals surface area (Å²) < 4.78 is 10.7. The number of non-ortho nitro benzene ring substituents is 1. The lowest BCUT2D eigenvalue weighted by Crippen LogP contribution is -2.08. The molecule has 2 aromatic carbocycles. The molecule has 0 radical (unpaired) electrons. The highest BCUT2D eigenvalue weighted by Gasteiger charge is 2.10. The van der Waals surface area contributed by atoms with E-state index in [0.29, 0.717) is 17.9 Å². The Balaban J connectivity index is 1.96. The second kappa shape index (κ2) is 7.93. The first kappa shape index (κ1) is 16.5. The predicted octanol–water partition coefficient (Wildman–Crippen LogP) is 3.99. The molecule has 0 atom stereocenters. The fourth-order valence-corrected chi connectivity index (χ4v) is 1.82. The fourth-order valence-electron chi connectivity index (χ4n) is 1.82. The van der Waals surface area contributed by atoms with Crippen molar-refractivity contribution in [3.05, 3.63) is 64.2 Å². The van der Waals surface area contributed by atoms with E-state index in [1.165, 1.54) is 24.3 Å². The zero-order chi connectivity index (χ0) is 16.7. The molecule has 0 bridgehead atoms. The van der Waals surface area contributed by atoms with Crippen LogP contribution < -0.4 is 9.47 Å². The van der Waals surface area contributed by atoms with E-state index in [1.54, 1.807) is 24.3 Å². The van der Waals surface area contributed by atoms with Crippen molar-refractivity contribution < 1.29 is 19.2 Å². The van der Waals surface area contributed by atoms with E-state index < -0.39 is 10.9 Å². The van der Waals surface area contributed by atoms with Crippen LogP contribution in [0.25, 0.3) is 0 Å². The topological polar surface area (TPSA) is 78.7 Å². The van der Waals surface area contributed by atoms with Crippen molar-refractivity contribution in [2.45, 2.75) is 19.8 Å². The Kier molecular flexibility index (Phi) is 5.68. The summed E-state index contributed by atoms with van der Waals surface area (Å²) in [6, 6.07) is 12.0. The third-order valence-corrected chi connectivity index (χ3v) is 3.11. The van der Waals surface area contributed by atoms with Crippen LogP contribution in [0.15, 0.2) is 48.5 Å². The molecule has 2 rings (SSSR count). The van der Waals surface area contributed by atoms with Crippen LogP contribution in [0.2, 0.25) is 0 Å². The van der Waals surface area contributed by atoms with E-state index >= 15 is 0 Å². The summed E-state index contributed by atoms with van der Waals surface area (Å²) in [4.78, 5) is 22.1. The monoisotopic (exact) mass is 315 g/mol. The van der Waals surface area contributed by atoms with Crippen LogP contribution in [-0.4, -0.2) is 17.5 Å². The molecule has 0 aromatic heterocycles. The Bertz CT molecular complexity index is 664. The summed E-state index contributed by atoms with van der Waals surface area (Å²) in [6.07, 6.45) is 2.03. The van der Waals surface area contributed by atoms with Gasteiger partial charge >= 0.3 is 5.97 Å². The number of benzene rings is 2. The zero-order valence-corrected chi connectivity index (χ0v) is 12.7. The highest BCUT2D eigenvalue weighted by atomic mass is 16.6. The molecule has 2 aromatic rings. The van der Waals surface area contributed by atoms with Gasteiger partial charge in [-0.3, -0.25) is 10.1 Å². The van der Waals surface area contributed by atoms with Crippen LogP contribution in [0.5, 0.6) is 11.5 Å². The maximum atomic E-state index is 12.0. The molecule has 0 amide bonds. The summed E-state index contributed by atoms with van der Waals surface area (Å²) >= 11 is 0. The number of ether oxygens (including phenoxy) is 2. The van der Waals surface area contributed by atoms with Crippen LogP contribution in [0, 0.1) is 10.1 Å². The minimum atomic E-state index is -0.529. The van der Waals surface area contributed by atoms with Gasteiger partial charge in [-0.25, -0.2) is 4.79 Å². The van der Waals surface area contributed by atoms with E-state index in [2.05, 4.69) is 6.92 Å². The standard InChI is InChI=1S/C17H17NO5/c1-2-3-12-22-15-8-4-13(5-9-15)17(19)23-16-10-6-14(7-11-16)18(20)21/h4-11H,2-3,12H2,1H3. The van der Waals surface area contributed by atoms with Gasteiger partial charge in [-0.1, -0.05) is 13.3 Å². The number of unbranched alkanes of at least 4 members (excludes halogenated alkanes) is 1. The van der Waals surface area contributed by atoms with Gasteiger partial charge in [-0.2, -0.15) is 0 Å². The van der Waals surface area contributed by atoms with Gasteiger partial charge in [0.2, 0.25) is 0 Å². The normalized spacial score (nSPS) is 10.1. The highest BCUT2D eigenvalue weighted by molar-refractivity contribution is 5.91. The molecule has 0 heterocycles. The third-order valence-electron chi connectivity index (χ3n) is 3.11. The average Bonchev–Trinajstić information content (AvgIpc) is 2.56. The smallest absolute Gasteiger partial charge is 0.343 e. The number of nitro benzene ring substituents is 1. The van der Waals surface area contributed by atoms with Crippen molar-refractivity contribution in [1.82, 2.24) is 0 Å². The van der Waals surface area contributed by atoms with Crippen molar-refractivity contribution in [1.29, 1.82) is 0 Å². The largest absolute Gasteiger partial charge is 0.494 e. The Morgan fingerprint density at radius 1 is 1.04 bits per heavy atom. The van der Waals surface area contributed by atoms with Gasteiger partial charge in [0.25, 0.3) is 5.69 Å². The van der Waals surface area contributed by atoms with Gasteiger partial charge in [-0.15, -0.1) is 0 Å². The van der Waals surface area contributed by atoms with Gasteiger partial charge in [-0.05, 0) is 42.8 Å². The van der Waals surface area contributed by atoms with Gasteiger partial charge < -0.3 is 9.47 Å². The molecule has 6 nitrogen and oxygen atoms in total. The van der Waals surface area contributed by atoms with Crippen molar-refractivity contribution in [2.24, 2.45) is 0 Å². The predicted molar refractivity (Wildman–Crippen MR) is 84.9 cm³/mol. The fraction of sp³-hybridized carbons (Fsp3) is 0.235. The lowest BCUT2D eigenvalue weighted by Gasteiger charge is -2.07. The van der Waals surface area contributed by atoms with Crippen molar-refractivity contribution in [3.63, 3.8) is 0 Å². The maximum absolute atomic E-state index is 12.0. The Labute approximate surface area is 133 Å². The third kappa shape index (κ3) is 4.81. The van der Waals surface area contributed by atoms with E-state index in [4.69, 9.17) is 9.47 Å². The molecule has 0 saturated carbocycles. The summed E-state index contributed by atoms with van der Waals surface area (Å²) in [5.41, 5.74) is 0.324. The lowest BCUT2D eigenvalue weighted by atomic mass is 10.2. The average molecular weight is 315 g/mol. The highest BCUT2D eigenvalue weighted by Crippen LogP contribution is 2.19. The molecule has 0 fully saturated rings. The molecule has 0 N–H and O–H groups in total. The van der Waals surface area contributed by atoms with E-state index in [0.717, 1.165) is 12.8 Å². The zero-order valence-electron chi connectivity index (χ0n) is 12.7. The first-order valence-corrected chi connectivity index (χ1v) is 7.29. The van der Waals surface area contributed by atoms with E-state index in [9.17, 15) is 14.9 Å². The summed E-state index contributed by atoms with van der Waals surface area (Å²) in [6.45, 7) is 2.73. The number of hydrogen-bond acceptors (Lipinski definition) is 5. The molecule has 0 aliphatic heterocycles. The number of hydrogen-bond donors (Lipinski definition) is 0. The SMILES string of the molecule is CCCCOc1ccc(C(=O)Oc2ccc([N+](=O)[O-])cc2)cc1. The Hall–Kier alpha value is -2.89. The van der Waals surface area contributed by atoms with Crippen LogP contribution >= 0.6 is 0 Å². The Morgan fingerprint density at radius 3 is 2.22 bits per heavy atom. The van der Waals surface area contributed by atoms with Crippen molar-refractivity contribution >= 4 is 11.7 Å². The number of carbonyl (C=O) groups excluding carboxylic acids is 1. The molecule has 23 heavy (non-hydrogen) atoms. The van der Waals surface area contributed by atoms with Crippen LogP contribution in [-0.2, 0) is 0 Å². The minimum Gasteiger partial charge on any atom is -0.494 e. The number of rotatable bonds is 7. The Morgan fingerprint density at radius 2 is 1.65 bits per heavy atom. The lowest BCUT2D eigenvalue weighted by molar-refractivity contribution is -0.384. The van der Waals surface area contributed by atoms with Crippen LogP contribution in [0.3, 0.4) is 0 Å². The number of carbonyl (C=O) groups is 1. The number of esters is 1. The van der Waals surface area contributed by atoms with Gasteiger partial charge in [0.15, 0.2) is 0 Å². The maximum Gasteiger partial charge on any atom is 0.343 e. The van der Waals surface area contributed by atoms with E-state index in [1.807, 2.05) is 0 Å². The van der Waals surface area contributed by atoms with Gasteiger partial charge in [0.1, 0.15) is 11.5 Å². The molecule has 6 heteroatoms. The second-order valence-electron chi connectivity index (χ2n) is 4.87. The minimum absolute atomic E-state index is 0.0571. The molecular weight excluding hydrogens is 298 g/mol. The number of nitro groups is 1. The van der Waals surface area contributed by atoms with Gasteiger partial charge in [0, 0.05) is 12.1 Å². The number of nitrogens with zero attached hydrogens (tertiary/aromatic N) is 1. The molecule has 0 aliphatic carbocycles. The first-order chi connectivity index (χ1) is 11.1. The first-order valence-electron chi connectivity index (χ1n) is 7.29. The quantitative estimate of drug-likeness (QED) is 0.254. The van der Waals surface area contributed by atoms with Crippen LogP contribution in [0.1, 0.15) is 30.1 Å². The molecule has 120 valence electrons. The molecule has 0 spiro atoms. The van der Waals surface area contributed by atoms with Crippen molar-refractivity contribution in [3.8, 4) is 11.5 Å². The summed E-state index contributed by atoms with van der Waals surface area (Å²) in [5.74, 6) is 0.424. The molecule has 0 aliphatic rings. The molecule has 0 unspecified atom stereocenters. The summed E-state index contributed by atoms with van der Waals surface area (Å²) in [7, 11) is 0. The van der Waals surface area contributed by atoms with Crippen LogP contribution in [0.4, 0.5) is 5.69 Å². The molecular formula is C17H17NO5.